The molecule has 0 bridgehead atoms. The van der Waals surface area contributed by atoms with Crippen molar-refractivity contribution in [2.24, 2.45) is 0 Å². The van der Waals surface area contributed by atoms with E-state index in [4.69, 9.17) is 0 Å². The molecule has 0 amide bonds. The fraction of sp³-hybridized carbons (Fsp3) is 0.727. The molecule has 13 heavy (non-hydrogen) atoms. The van der Waals surface area contributed by atoms with Crippen LogP contribution in [0, 0.1) is 0 Å². The second-order valence-corrected chi connectivity index (χ2v) is 4.73. The van der Waals surface area contributed by atoms with Crippen molar-refractivity contribution in [3.8, 4) is 0 Å². The summed E-state index contributed by atoms with van der Waals surface area (Å²) >= 11 is 1.46. The van der Waals surface area contributed by atoms with Crippen molar-refractivity contribution in [1.29, 1.82) is 0 Å². The molecule has 0 saturated carbocycles. The van der Waals surface area contributed by atoms with Crippen molar-refractivity contribution in [3.05, 3.63) is 12.7 Å². The van der Waals surface area contributed by atoms with Crippen LogP contribution in [0.5, 0.6) is 0 Å². The van der Waals surface area contributed by atoms with E-state index in [2.05, 4.69) is 13.5 Å². The van der Waals surface area contributed by atoms with Gasteiger partial charge in [-0.05, 0) is 12.8 Å². The van der Waals surface area contributed by atoms with Gasteiger partial charge in [-0.25, -0.2) is 0 Å². The standard InChI is InChI=1S/C11H20OS/c1-4-6-7-9-11(8-5-2)13-10(3)12/h5,11H,2,4,6-9H2,1,3H3. The first-order valence-corrected chi connectivity index (χ1v) is 5.86. The molecule has 0 aliphatic rings. The third-order valence-corrected chi connectivity index (χ3v) is 2.99. The molecule has 0 spiro atoms. The molecule has 0 rings (SSSR count). The molecule has 0 aromatic rings. The summed E-state index contributed by atoms with van der Waals surface area (Å²) in [6, 6.07) is 0. The van der Waals surface area contributed by atoms with Crippen LogP contribution < -0.4 is 0 Å². The van der Waals surface area contributed by atoms with E-state index in [9.17, 15) is 4.79 Å². The predicted molar refractivity (Wildman–Crippen MR) is 61.0 cm³/mol. The summed E-state index contributed by atoms with van der Waals surface area (Å²) in [6.45, 7) is 7.55. The third kappa shape index (κ3) is 8.10. The number of allylic oxidation sites excluding steroid dienone is 1. The second-order valence-electron chi connectivity index (χ2n) is 3.25. The highest BCUT2D eigenvalue weighted by Crippen LogP contribution is 2.21. The van der Waals surface area contributed by atoms with Crippen molar-refractivity contribution in [2.45, 2.75) is 51.2 Å². The minimum absolute atomic E-state index is 0.225. The average molecular weight is 200 g/mol. The molecule has 76 valence electrons. The van der Waals surface area contributed by atoms with Gasteiger partial charge in [0.15, 0.2) is 5.12 Å². The maximum Gasteiger partial charge on any atom is 0.186 e. The number of carbonyl (C=O) groups excluding carboxylic acids is 1. The zero-order chi connectivity index (χ0) is 10.1. The van der Waals surface area contributed by atoms with E-state index in [0.29, 0.717) is 5.25 Å². The molecule has 2 heteroatoms. The lowest BCUT2D eigenvalue weighted by Gasteiger charge is -2.11. The van der Waals surface area contributed by atoms with Gasteiger partial charge in [0.1, 0.15) is 0 Å². The predicted octanol–water partition coefficient (Wildman–Crippen LogP) is 3.79. The lowest BCUT2D eigenvalue weighted by Crippen LogP contribution is -2.04. The lowest BCUT2D eigenvalue weighted by molar-refractivity contribution is -0.109. The first-order valence-electron chi connectivity index (χ1n) is 4.98. The summed E-state index contributed by atoms with van der Waals surface area (Å²) in [6.07, 6.45) is 7.75. The van der Waals surface area contributed by atoms with Gasteiger partial charge >= 0.3 is 0 Å². The van der Waals surface area contributed by atoms with Gasteiger partial charge < -0.3 is 0 Å². The van der Waals surface area contributed by atoms with Crippen LogP contribution in [0.15, 0.2) is 12.7 Å². The average Bonchev–Trinajstić information content (AvgIpc) is 2.04. The van der Waals surface area contributed by atoms with Crippen molar-refractivity contribution in [3.63, 3.8) is 0 Å². The number of hydrogen-bond acceptors (Lipinski definition) is 2. The Bertz CT molecular complexity index is 154. The molecule has 0 saturated heterocycles. The Morgan fingerprint density at radius 3 is 2.69 bits per heavy atom. The van der Waals surface area contributed by atoms with Gasteiger partial charge in [0.05, 0.1) is 0 Å². The maximum absolute atomic E-state index is 10.9. The van der Waals surface area contributed by atoms with Gasteiger partial charge in [-0.2, -0.15) is 0 Å². The molecule has 0 N–H and O–H groups in total. The maximum atomic E-state index is 10.9. The zero-order valence-electron chi connectivity index (χ0n) is 8.71. The molecule has 0 aromatic heterocycles. The highest BCUT2D eigenvalue weighted by atomic mass is 32.2. The smallest absolute Gasteiger partial charge is 0.186 e. The van der Waals surface area contributed by atoms with Crippen molar-refractivity contribution in [1.82, 2.24) is 0 Å². The van der Waals surface area contributed by atoms with Crippen LogP contribution in [-0.4, -0.2) is 10.4 Å². The van der Waals surface area contributed by atoms with Gasteiger partial charge in [0.2, 0.25) is 0 Å². The molecular formula is C11H20OS. The molecule has 1 nitrogen and oxygen atoms in total. The number of unbranched alkanes of at least 4 members (excludes halogenated alkanes) is 2. The molecular weight excluding hydrogens is 180 g/mol. The Morgan fingerprint density at radius 2 is 2.23 bits per heavy atom. The molecule has 0 aromatic carbocycles. The van der Waals surface area contributed by atoms with Gasteiger partial charge in [-0.15, -0.1) is 6.58 Å². The lowest BCUT2D eigenvalue weighted by atomic mass is 10.1. The Morgan fingerprint density at radius 1 is 1.54 bits per heavy atom. The first kappa shape index (κ1) is 12.8. The number of thioether (sulfide) groups is 1. The van der Waals surface area contributed by atoms with Gasteiger partial charge in [-0.1, -0.05) is 44.0 Å². The van der Waals surface area contributed by atoms with Crippen molar-refractivity contribution >= 4 is 16.9 Å². The molecule has 1 atom stereocenters. The van der Waals surface area contributed by atoms with E-state index in [0.717, 1.165) is 12.8 Å². The summed E-state index contributed by atoms with van der Waals surface area (Å²) in [4.78, 5) is 10.9. The van der Waals surface area contributed by atoms with Gasteiger partial charge in [0, 0.05) is 12.2 Å². The van der Waals surface area contributed by atoms with Crippen LogP contribution in [0.25, 0.3) is 0 Å². The van der Waals surface area contributed by atoms with Crippen LogP contribution in [0.2, 0.25) is 0 Å². The molecule has 0 radical (unpaired) electrons. The highest BCUT2D eigenvalue weighted by molar-refractivity contribution is 8.14. The fourth-order valence-corrected chi connectivity index (χ4v) is 2.25. The van der Waals surface area contributed by atoms with Crippen LogP contribution >= 0.6 is 11.8 Å². The summed E-state index contributed by atoms with van der Waals surface area (Å²) in [7, 11) is 0. The minimum Gasteiger partial charge on any atom is -0.288 e. The summed E-state index contributed by atoms with van der Waals surface area (Å²) in [5.41, 5.74) is 0. The Hall–Kier alpha value is -0.240. The summed E-state index contributed by atoms with van der Waals surface area (Å²) < 4.78 is 0. The van der Waals surface area contributed by atoms with Crippen LogP contribution in [0.4, 0.5) is 0 Å². The Kier molecular flexibility index (Phi) is 8.21. The quantitative estimate of drug-likeness (QED) is 0.459. The largest absolute Gasteiger partial charge is 0.288 e. The van der Waals surface area contributed by atoms with E-state index < -0.39 is 0 Å². The molecule has 1 unspecified atom stereocenters. The summed E-state index contributed by atoms with van der Waals surface area (Å²) in [5, 5.41) is 0.685. The van der Waals surface area contributed by atoms with Gasteiger partial charge in [0.25, 0.3) is 0 Å². The topological polar surface area (TPSA) is 17.1 Å². The Balaban J connectivity index is 3.65. The zero-order valence-corrected chi connectivity index (χ0v) is 9.53. The van der Waals surface area contributed by atoms with E-state index in [1.54, 1.807) is 6.92 Å². The van der Waals surface area contributed by atoms with Crippen LogP contribution in [0.1, 0.15) is 46.0 Å². The third-order valence-electron chi connectivity index (χ3n) is 1.89. The SMILES string of the molecule is C=CCC(CCCCC)SC(C)=O. The first-order chi connectivity index (χ1) is 6.20. The van der Waals surface area contributed by atoms with Gasteiger partial charge in [-0.3, -0.25) is 4.79 Å². The normalized spacial score (nSPS) is 12.5. The molecule has 0 fully saturated rings. The minimum atomic E-state index is 0.225. The van der Waals surface area contributed by atoms with Crippen LogP contribution in [-0.2, 0) is 4.79 Å². The Labute approximate surface area is 86.0 Å². The highest BCUT2D eigenvalue weighted by Gasteiger charge is 2.09. The van der Waals surface area contributed by atoms with Crippen molar-refractivity contribution in [2.75, 3.05) is 0 Å². The number of carbonyl (C=O) groups is 1. The molecule has 0 aliphatic heterocycles. The van der Waals surface area contributed by atoms with Crippen molar-refractivity contribution < 1.29 is 4.79 Å². The molecule has 0 heterocycles. The van der Waals surface area contributed by atoms with E-state index in [1.807, 2.05) is 6.08 Å². The van der Waals surface area contributed by atoms with E-state index in [1.165, 1.54) is 31.0 Å². The monoisotopic (exact) mass is 200 g/mol. The number of rotatable bonds is 7. The number of hydrogen-bond donors (Lipinski definition) is 0. The van der Waals surface area contributed by atoms with E-state index >= 15 is 0 Å². The summed E-state index contributed by atoms with van der Waals surface area (Å²) in [5.74, 6) is 0. The molecule has 0 aliphatic carbocycles. The fourth-order valence-electron chi connectivity index (χ4n) is 1.27. The van der Waals surface area contributed by atoms with E-state index in [-0.39, 0.29) is 5.12 Å². The second kappa shape index (κ2) is 8.36. The van der Waals surface area contributed by atoms with Crippen LogP contribution in [0.3, 0.4) is 0 Å².